The van der Waals surface area contributed by atoms with Gasteiger partial charge in [-0.25, -0.2) is 4.39 Å². The molecule has 0 saturated carbocycles. The van der Waals surface area contributed by atoms with E-state index in [1.807, 2.05) is 4.90 Å². The van der Waals surface area contributed by atoms with Crippen molar-refractivity contribution in [1.29, 1.82) is 0 Å². The number of likely N-dealkylation sites (tertiary alicyclic amines) is 2. The van der Waals surface area contributed by atoms with Crippen LogP contribution in [0.5, 0.6) is 0 Å². The number of hydrogen-bond donors (Lipinski definition) is 1. The van der Waals surface area contributed by atoms with Crippen LogP contribution >= 0.6 is 11.6 Å². The molecule has 2 aliphatic heterocycles. The summed E-state index contributed by atoms with van der Waals surface area (Å²) in [5.41, 5.74) is 0.493. The van der Waals surface area contributed by atoms with Crippen molar-refractivity contribution in [2.45, 2.75) is 32.1 Å². The summed E-state index contributed by atoms with van der Waals surface area (Å²) in [7, 11) is 0. The molecule has 0 radical (unpaired) electrons. The zero-order chi connectivity index (χ0) is 18.5. The molecule has 7 heteroatoms. The van der Waals surface area contributed by atoms with Gasteiger partial charge in [-0.1, -0.05) is 11.6 Å². The van der Waals surface area contributed by atoms with E-state index in [1.54, 1.807) is 0 Å². The fraction of sp³-hybridized carbons (Fsp3) is 0.579. The predicted octanol–water partition coefficient (Wildman–Crippen LogP) is 3.14. The van der Waals surface area contributed by atoms with E-state index in [1.165, 1.54) is 18.2 Å². The van der Waals surface area contributed by atoms with E-state index in [2.05, 4.69) is 10.2 Å². The number of rotatable bonds is 5. The molecule has 5 nitrogen and oxygen atoms in total. The molecule has 2 amide bonds. The van der Waals surface area contributed by atoms with Crippen molar-refractivity contribution in [2.24, 2.45) is 5.92 Å². The molecule has 0 aromatic heterocycles. The third-order valence-corrected chi connectivity index (χ3v) is 5.49. The van der Waals surface area contributed by atoms with Crippen LogP contribution in [0.3, 0.4) is 0 Å². The van der Waals surface area contributed by atoms with Crippen LogP contribution in [0.25, 0.3) is 0 Å². The second-order valence-electron chi connectivity index (χ2n) is 7.19. The van der Waals surface area contributed by atoms with Crippen LogP contribution in [0.2, 0.25) is 5.02 Å². The number of nitrogens with zero attached hydrogens (tertiary/aromatic N) is 2. The van der Waals surface area contributed by atoms with Gasteiger partial charge in [-0.2, -0.15) is 0 Å². The minimum Gasteiger partial charge on any atom is -0.343 e. The lowest BCUT2D eigenvalue weighted by Gasteiger charge is -2.31. The normalized spacial score (nSPS) is 18.9. The van der Waals surface area contributed by atoms with Crippen LogP contribution < -0.4 is 5.32 Å². The van der Waals surface area contributed by atoms with Crippen LogP contribution in [0.4, 0.5) is 10.1 Å². The van der Waals surface area contributed by atoms with Crippen molar-refractivity contribution in [2.75, 3.05) is 38.0 Å². The number of nitrogens with one attached hydrogen (secondary N) is 1. The smallest absolute Gasteiger partial charge is 0.238 e. The van der Waals surface area contributed by atoms with E-state index >= 15 is 0 Å². The maximum Gasteiger partial charge on any atom is 0.238 e. The standard InChI is InChI=1S/C19H25ClFN3O2/c20-16-12-15(3-4-17(16)21)22-18(25)13-23-9-5-14(6-10-23)11-19(26)24-7-1-2-8-24/h3-4,12,14H,1-2,5-11,13H2,(H,22,25). The van der Waals surface area contributed by atoms with E-state index in [9.17, 15) is 14.0 Å². The molecule has 2 saturated heterocycles. The first-order chi connectivity index (χ1) is 12.5. The van der Waals surface area contributed by atoms with E-state index in [-0.39, 0.29) is 16.8 Å². The van der Waals surface area contributed by atoms with Gasteiger partial charge < -0.3 is 10.2 Å². The van der Waals surface area contributed by atoms with E-state index in [0.29, 0.717) is 24.6 Å². The Bertz CT molecular complexity index is 656. The molecule has 1 aromatic rings. The van der Waals surface area contributed by atoms with Crippen molar-refractivity contribution in [3.05, 3.63) is 29.0 Å². The lowest BCUT2D eigenvalue weighted by atomic mass is 9.93. The molecular weight excluding hydrogens is 357 g/mol. The summed E-state index contributed by atoms with van der Waals surface area (Å²) in [4.78, 5) is 28.5. The molecule has 2 heterocycles. The van der Waals surface area contributed by atoms with Crippen LogP contribution in [0.15, 0.2) is 18.2 Å². The molecule has 0 spiro atoms. The Kier molecular flexibility index (Phi) is 6.48. The zero-order valence-corrected chi connectivity index (χ0v) is 15.6. The molecule has 0 atom stereocenters. The lowest BCUT2D eigenvalue weighted by Crippen LogP contribution is -2.40. The van der Waals surface area contributed by atoms with Gasteiger partial charge in [0.2, 0.25) is 11.8 Å². The SMILES string of the molecule is O=C(CN1CCC(CC(=O)N2CCCC2)CC1)Nc1ccc(F)c(Cl)c1. The highest BCUT2D eigenvalue weighted by Crippen LogP contribution is 2.23. The Morgan fingerprint density at radius 3 is 2.50 bits per heavy atom. The van der Waals surface area contributed by atoms with Crippen LogP contribution in [-0.2, 0) is 9.59 Å². The topological polar surface area (TPSA) is 52.7 Å². The third kappa shape index (κ3) is 5.17. The fourth-order valence-electron chi connectivity index (χ4n) is 3.67. The van der Waals surface area contributed by atoms with Crippen molar-refractivity contribution in [3.63, 3.8) is 0 Å². The summed E-state index contributed by atoms with van der Waals surface area (Å²) in [6, 6.07) is 4.14. The van der Waals surface area contributed by atoms with Gasteiger partial charge in [-0.05, 0) is 62.9 Å². The second kappa shape index (κ2) is 8.82. The fourth-order valence-corrected chi connectivity index (χ4v) is 3.85. The van der Waals surface area contributed by atoms with Gasteiger partial charge in [-0.15, -0.1) is 0 Å². The number of carbonyl (C=O) groups excluding carboxylic acids is 2. The van der Waals surface area contributed by atoms with Gasteiger partial charge in [0, 0.05) is 25.2 Å². The second-order valence-corrected chi connectivity index (χ2v) is 7.60. The molecular formula is C19H25ClFN3O2. The Morgan fingerprint density at radius 2 is 1.85 bits per heavy atom. The summed E-state index contributed by atoms with van der Waals surface area (Å²) >= 11 is 5.73. The minimum atomic E-state index is -0.504. The molecule has 0 aliphatic carbocycles. The average Bonchev–Trinajstić information content (AvgIpc) is 3.15. The van der Waals surface area contributed by atoms with Gasteiger partial charge in [0.05, 0.1) is 11.6 Å². The summed E-state index contributed by atoms with van der Waals surface area (Å²) in [6.45, 7) is 3.74. The van der Waals surface area contributed by atoms with Crippen molar-refractivity contribution < 1.29 is 14.0 Å². The number of amides is 2. The molecule has 26 heavy (non-hydrogen) atoms. The molecule has 2 fully saturated rings. The molecule has 0 unspecified atom stereocenters. The molecule has 2 aliphatic rings. The Hall–Kier alpha value is -1.66. The van der Waals surface area contributed by atoms with Crippen LogP contribution in [0.1, 0.15) is 32.1 Å². The van der Waals surface area contributed by atoms with Crippen molar-refractivity contribution in [1.82, 2.24) is 9.80 Å². The Balaban J connectivity index is 1.39. The maximum absolute atomic E-state index is 13.2. The minimum absolute atomic E-state index is 0.00807. The molecule has 3 rings (SSSR count). The number of anilines is 1. The quantitative estimate of drug-likeness (QED) is 0.852. The third-order valence-electron chi connectivity index (χ3n) is 5.20. The monoisotopic (exact) mass is 381 g/mol. The first-order valence-electron chi connectivity index (χ1n) is 9.26. The summed E-state index contributed by atoms with van der Waals surface area (Å²) < 4.78 is 13.2. The highest BCUT2D eigenvalue weighted by molar-refractivity contribution is 6.31. The van der Waals surface area contributed by atoms with Gasteiger partial charge >= 0.3 is 0 Å². The van der Waals surface area contributed by atoms with E-state index < -0.39 is 5.82 Å². The lowest BCUT2D eigenvalue weighted by molar-refractivity contribution is -0.131. The van der Waals surface area contributed by atoms with Gasteiger partial charge in [-0.3, -0.25) is 14.5 Å². The predicted molar refractivity (Wildman–Crippen MR) is 99.6 cm³/mol. The van der Waals surface area contributed by atoms with Gasteiger partial charge in [0.15, 0.2) is 0 Å². The largest absolute Gasteiger partial charge is 0.343 e. The van der Waals surface area contributed by atoms with E-state index in [4.69, 9.17) is 11.6 Å². The average molecular weight is 382 g/mol. The van der Waals surface area contributed by atoms with E-state index in [0.717, 1.165) is 51.9 Å². The summed E-state index contributed by atoms with van der Waals surface area (Å²) in [5, 5.41) is 2.74. The number of benzene rings is 1. The molecule has 1 N–H and O–H groups in total. The first kappa shape index (κ1) is 19.1. The number of carbonyl (C=O) groups is 2. The number of piperidine rings is 1. The van der Waals surface area contributed by atoms with Crippen molar-refractivity contribution in [3.8, 4) is 0 Å². The maximum atomic E-state index is 13.2. The highest BCUT2D eigenvalue weighted by atomic mass is 35.5. The van der Waals surface area contributed by atoms with Crippen LogP contribution in [0, 0.1) is 11.7 Å². The Labute approximate surface area is 158 Å². The van der Waals surface area contributed by atoms with Gasteiger partial charge in [0.25, 0.3) is 0 Å². The number of halogens is 2. The zero-order valence-electron chi connectivity index (χ0n) is 14.8. The van der Waals surface area contributed by atoms with Crippen LogP contribution in [-0.4, -0.2) is 54.3 Å². The summed E-state index contributed by atoms with van der Waals surface area (Å²) in [6.07, 6.45) is 4.76. The van der Waals surface area contributed by atoms with Crippen molar-refractivity contribution >= 4 is 29.1 Å². The molecule has 0 bridgehead atoms. The molecule has 142 valence electrons. The highest BCUT2D eigenvalue weighted by Gasteiger charge is 2.25. The Morgan fingerprint density at radius 1 is 1.15 bits per heavy atom. The summed E-state index contributed by atoms with van der Waals surface area (Å²) in [5.74, 6) is 0.0553. The molecule has 1 aromatic carbocycles. The number of hydrogen-bond acceptors (Lipinski definition) is 3. The van der Waals surface area contributed by atoms with Gasteiger partial charge in [0.1, 0.15) is 5.82 Å². The first-order valence-corrected chi connectivity index (χ1v) is 9.64.